The van der Waals surface area contributed by atoms with Crippen molar-refractivity contribution in [2.24, 2.45) is 7.05 Å². The minimum absolute atomic E-state index is 0.0662. The molecule has 0 radical (unpaired) electrons. The van der Waals surface area contributed by atoms with E-state index in [0.717, 1.165) is 54.1 Å². The second kappa shape index (κ2) is 8.11. The number of aryl methyl sites for hydroxylation is 2. The van der Waals surface area contributed by atoms with Crippen LogP contribution in [0.25, 0.3) is 11.3 Å². The van der Waals surface area contributed by atoms with Crippen LogP contribution in [0.15, 0.2) is 41.1 Å². The summed E-state index contributed by atoms with van der Waals surface area (Å²) >= 11 is 0. The first kappa shape index (κ1) is 19.2. The summed E-state index contributed by atoms with van der Waals surface area (Å²) in [6, 6.07) is 9.52. The summed E-state index contributed by atoms with van der Waals surface area (Å²) in [5.74, 6) is 1.56. The first-order valence-corrected chi connectivity index (χ1v) is 9.95. The summed E-state index contributed by atoms with van der Waals surface area (Å²) < 4.78 is 12.6. The largest absolute Gasteiger partial charge is 0.497 e. The van der Waals surface area contributed by atoms with Gasteiger partial charge in [0.05, 0.1) is 36.5 Å². The van der Waals surface area contributed by atoms with E-state index < -0.39 is 0 Å². The van der Waals surface area contributed by atoms with Gasteiger partial charge < -0.3 is 14.2 Å². The van der Waals surface area contributed by atoms with Crippen molar-refractivity contribution in [3.63, 3.8) is 0 Å². The molecule has 7 heteroatoms. The van der Waals surface area contributed by atoms with E-state index in [-0.39, 0.29) is 11.9 Å². The van der Waals surface area contributed by atoms with Crippen LogP contribution in [0.3, 0.4) is 0 Å². The number of aromatic nitrogens is 3. The van der Waals surface area contributed by atoms with E-state index in [2.05, 4.69) is 5.16 Å². The number of hydrogen-bond donors (Lipinski definition) is 0. The highest BCUT2D eigenvalue weighted by atomic mass is 16.5. The molecule has 29 heavy (non-hydrogen) atoms. The van der Waals surface area contributed by atoms with Gasteiger partial charge in [-0.1, -0.05) is 17.3 Å². The number of benzene rings is 1. The van der Waals surface area contributed by atoms with Gasteiger partial charge >= 0.3 is 0 Å². The number of hydrogen-bond acceptors (Lipinski definition) is 5. The minimum atomic E-state index is -0.0662. The number of likely N-dealkylation sites (tertiary alicyclic amines) is 1. The Hall–Kier alpha value is -3.09. The predicted octanol–water partition coefficient (Wildman–Crippen LogP) is 3.69. The monoisotopic (exact) mass is 394 g/mol. The van der Waals surface area contributed by atoms with Gasteiger partial charge in [-0.25, -0.2) is 0 Å². The van der Waals surface area contributed by atoms with Crippen LogP contribution in [-0.4, -0.2) is 39.4 Å². The van der Waals surface area contributed by atoms with E-state index in [0.29, 0.717) is 12.2 Å². The number of ether oxygens (including phenoxy) is 1. The standard InChI is InChI=1S/C22H26N4O3/c1-15-11-20(29-24-15)18-14-25(2)23-22(18)19-9-4-5-10-26(19)21(27)13-16-7-6-8-17(12-16)28-3/h6-8,11-12,14,19H,4-5,9-10,13H2,1-3H3. The lowest BCUT2D eigenvalue weighted by Gasteiger charge is -2.35. The van der Waals surface area contributed by atoms with E-state index in [1.54, 1.807) is 11.8 Å². The average molecular weight is 394 g/mol. The first-order valence-electron chi connectivity index (χ1n) is 9.95. The Morgan fingerprint density at radius 1 is 1.31 bits per heavy atom. The molecule has 7 nitrogen and oxygen atoms in total. The fourth-order valence-corrected chi connectivity index (χ4v) is 4.01. The third-order valence-electron chi connectivity index (χ3n) is 5.38. The first-order chi connectivity index (χ1) is 14.0. The van der Waals surface area contributed by atoms with Crippen molar-refractivity contribution in [2.75, 3.05) is 13.7 Å². The molecule has 1 aliphatic rings. The van der Waals surface area contributed by atoms with Crippen LogP contribution in [-0.2, 0) is 18.3 Å². The summed E-state index contributed by atoms with van der Waals surface area (Å²) in [6.45, 7) is 2.63. The smallest absolute Gasteiger partial charge is 0.227 e. The highest BCUT2D eigenvalue weighted by Crippen LogP contribution is 2.36. The van der Waals surface area contributed by atoms with Crippen molar-refractivity contribution in [1.82, 2.24) is 19.8 Å². The summed E-state index contributed by atoms with van der Waals surface area (Å²) in [6.07, 6.45) is 5.25. The normalized spacial score (nSPS) is 16.8. The fraction of sp³-hybridized carbons (Fsp3) is 0.409. The van der Waals surface area contributed by atoms with Crippen LogP contribution in [0, 0.1) is 6.92 Å². The fourth-order valence-electron chi connectivity index (χ4n) is 4.01. The van der Waals surface area contributed by atoms with Gasteiger partial charge in [0.2, 0.25) is 5.91 Å². The molecule has 2 aromatic heterocycles. The average Bonchev–Trinajstić information content (AvgIpc) is 3.33. The second-order valence-corrected chi connectivity index (χ2v) is 7.56. The molecule has 0 saturated carbocycles. The number of carbonyl (C=O) groups excluding carboxylic acids is 1. The zero-order chi connectivity index (χ0) is 20.4. The van der Waals surface area contributed by atoms with Gasteiger partial charge in [-0.05, 0) is 43.9 Å². The third kappa shape index (κ3) is 4.04. The molecule has 4 rings (SSSR count). The van der Waals surface area contributed by atoms with Gasteiger partial charge in [0.1, 0.15) is 5.75 Å². The van der Waals surface area contributed by atoms with Crippen molar-refractivity contribution in [2.45, 2.75) is 38.6 Å². The molecular formula is C22H26N4O3. The molecule has 1 aromatic carbocycles. The molecule has 3 heterocycles. The number of nitrogens with zero attached hydrogens (tertiary/aromatic N) is 4. The summed E-state index contributed by atoms with van der Waals surface area (Å²) in [5, 5.41) is 8.71. The Morgan fingerprint density at radius 3 is 2.93 bits per heavy atom. The maximum absolute atomic E-state index is 13.2. The molecule has 1 amide bonds. The van der Waals surface area contributed by atoms with Crippen LogP contribution < -0.4 is 4.74 Å². The third-order valence-corrected chi connectivity index (χ3v) is 5.38. The number of rotatable bonds is 5. The Balaban J connectivity index is 1.62. The molecule has 152 valence electrons. The van der Waals surface area contributed by atoms with Gasteiger partial charge in [-0.2, -0.15) is 5.10 Å². The van der Waals surface area contributed by atoms with E-state index in [1.807, 2.05) is 55.4 Å². The predicted molar refractivity (Wildman–Crippen MR) is 108 cm³/mol. The van der Waals surface area contributed by atoms with E-state index in [9.17, 15) is 4.79 Å². The van der Waals surface area contributed by atoms with Crippen molar-refractivity contribution in [3.8, 4) is 17.1 Å². The lowest BCUT2D eigenvalue weighted by atomic mass is 9.95. The van der Waals surface area contributed by atoms with Crippen molar-refractivity contribution < 1.29 is 14.1 Å². The highest BCUT2D eigenvalue weighted by molar-refractivity contribution is 5.80. The summed E-state index contributed by atoms with van der Waals surface area (Å²) in [5.41, 5.74) is 3.55. The quantitative estimate of drug-likeness (QED) is 0.660. The second-order valence-electron chi connectivity index (χ2n) is 7.56. The Bertz CT molecular complexity index is 1010. The van der Waals surface area contributed by atoms with Crippen LogP contribution in [0.4, 0.5) is 0 Å². The number of piperidine rings is 1. The van der Waals surface area contributed by atoms with Gasteiger partial charge in [0, 0.05) is 25.9 Å². The number of methoxy groups -OCH3 is 1. The van der Waals surface area contributed by atoms with Gasteiger partial charge in [-0.15, -0.1) is 0 Å². The Morgan fingerprint density at radius 2 is 2.17 bits per heavy atom. The lowest BCUT2D eigenvalue weighted by molar-refractivity contribution is -0.134. The highest BCUT2D eigenvalue weighted by Gasteiger charge is 2.32. The topological polar surface area (TPSA) is 73.4 Å². The lowest BCUT2D eigenvalue weighted by Crippen LogP contribution is -2.39. The zero-order valence-corrected chi connectivity index (χ0v) is 17.1. The van der Waals surface area contributed by atoms with Crippen molar-refractivity contribution in [3.05, 3.63) is 53.5 Å². The van der Waals surface area contributed by atoms with Crippen molar-refractivity contribution in [1.29, 1.82) is 0 Å². The maximum atomic E-state index is 13.2. The molecule has 3 aromatic rings. The zero-order valence-electron chi connectivity index (χ0n) is 17.1. The van der Waals surface area contributed by atoms with Gasteiger partial charge in [0.15, 0.2) is 5.76 Å². The van der Waals surface area contributed by atoms with Crippen LogP contribution in [0.1, 0.15) is 42.3 Å². The molecule has 1 fully saturated rings. The molecule has 1 atom stereocenters. The SMILES string of the molecule is COc1cccc(CC(=O)N2CCCCC2c2nn(C)cc2-c2cc(C)no2)c1. The molecule has 1 unspecified atom stereocenters. The minimum Gasteiger partial charge on any atom is -0.497 e. The number of amides is 1. The Kier molecular flexibility index (Phi) is 5.38. The molecule has 1 aliphatic heterocycles. The molecule has 0 N–H and O–H groups in total. The Labute approximate surface area is 170 Å². The van der Waals surface area contributed by atoms with E-state index in [1.165, 1.54) is 0 Å². The summed E-state index contributed by atoms with van der Waals surface area (Å²) in [7, 11) is 3.52. The van der Waals surface area contributed by atoms with Crippen LogP contribution >= 0.6 is 0 Å². The van der Waals surface area contributed by atoms with Gasteiger partial charge in [-0.3, -0.25) is 9.48 Å². The molecule has 1 saturated heterocycles. The summed E-state index contributed by atoms with van der Waals surface area (Å²) in [4.78, 5) is 15.2. The van der Waals surface area contributed by atoms with Crippen molar-refractivity contribution >= 4 is 5.91 Å². The van der Waals surface area contributed by atoms with E-state index in [4.69, 9.17) is 14.4 Å². The molecular weight excluding hydrogens is 368 g/mol. The van der Waals surface area contributed by atoms with Crippen LogP contribution in [0.5, 0.6) is 5.75 Å². The van der Waals surface area contributed by atoms with E-state index >= 15 is 0 Å². The maximum Gasteiger partial charge on any atom is 0.227 e. The van der Waals surface area contributed by atoms with Crippen LogP contribution in [0.2, 0.25) is 0 Å². The molecule has 0 aliphatic carbocycles. The molecule has 0 spiro atoms. The number of carbonyl (C=O) groups is 1. The van der Waals surface area contributed by atoms with Gasteiger partial charge in [0.25, 0.3) is 0 Å². The molecule has 0 bridgehead atoms.